The monoisotopic (exact) mass is 301 g/mol. The number of hydrogen-bond acceptors (Lipinski definition) is 5. The molecule has 0 saturated carbocycles. The molecule has 7 heteroatoms. The van der Waals surface area contributed by atoms with Crippen LogP contribution in [0.2, 0.25) is 0 Å². The van der Waals surface area contributed by atoms with Gasteiger partial charge in [-0.3, -0.25) is 4.79 Å². The lowest BCUT2D eigenvalue weighted by molar-refractivity contribution is -0.117. The minimum Gasteiger partial charge on any atom is -0.392 e. The number of amides is 1. The van der Waals surface area contributed by atoms with Gasteiger partial charge in [0.25, 0.3) is 0 Å². The zero-order valence-corrected chi connectivity index (χ0v) is 12.6. The minimum absolute atomic E-state index is 0.155. The van der Waals surface area contributed by atoms with E-state index in [0.29, 0.717) is 24.5 Å². The average Bonchev–Trinajstić information content (AvgIpc) is 3.05. The highest BCUT2D eigenvalue weighted by Crippen LogP contribution is 2.14. The Morgan fingerprint density at radius 2 is 2.27 bits per heavy atom. The Bertz CT molecular complexity index is 680. The second-order valence-electron chi connectivity index (χ2n) is 5.58. The van der Waals surface area contributed by atoms with Crippen molar-refractivity contribution in [2.75, 3.05) is 11.9 Å². The second kappa shape index (κ2) is 5.86. The lowest BCUT2D eigenvalue weighted by Gasteiger charge is -2.11. The van der Waals surface area contributed by atoms with Crippen LogP contribution in [0.4, 0.5) is 5.69 Å². The Morgan fingerprint density at radius 3 is 2.82 bits per heavy atom. The number of β-amino-alcohol motifs (C(OH)–C–C–N with tert-alkyl or cyclic N) is 1. The van der Waals surface area contributed by atoms with Crippen LogP contribution in [0.1, 0.15) is 17.8 Å². The summed E-state index contributed by atoms with van der Waals surface area (Å²) in [6.07, 6.45) is 1.58. The molecule has 2 atom stereocenters. The van der Waals surface area contributed by atoms with Gasteiger partial charge in [0.2, 0.25) is 5.91 Å². The number of carbonyl (C=O) groups is 1. The number of rotatable bonds is 3. The zero-order valence-electron chi connectivity index (χ0n) is 12.6. The molecule has 1 amide bonds. The summed E-state index contributed by atoms with van der Waals surface area (Å²) in [7, 11) is 0. The maximum atomic E-state index is 12.0. The Hall–Kier alpha value is -2.25. The molecule has 0 bridgehead atoms. The lowest BCUT2D eigenvalue weighted by Crippen LogP contribution is -2.35. The van der Waals surface area contributed by atoms with Crippen LogP contribution in [0.15, 0.2) is 24.4 Å². The number of aromatic nitrogens is 3. The Labute approximate surface area is 128 Å². The van der Waals surface area contributed by atoms with E-state index in [0.717, 1.165) is 11.4 Å². The van der Waals surface area contributed by atoms with E-state index in [9.17, 15) is 9.90 Å². The SMILES string of the molecule is Cc1cc(C)n(-c2ccc(NC(=O)[C@@H]3C[C@H](O)CN3)cn2)n1. The molecule has 7 nitrogen and oxygen atoms in total. The van der Waals surface area contributed by atoms with E-state index in [1.165, 1.54) is 0 Å². The summed E-state index contributed by atoms with van der Waals surface area (Å²) in [5.74, 6) is 0.551. The number of carbonyl (C=O) groups excluding carboxylic acids is 1. The second-order valence-corrected chi connectivity index (χ2v) is 5.58. The number of anilines is 1. The normalized spacial score (nSPS) is 21.0. The number of aliphatic hydroxyl groups is 1. The van der Waals surface area contributed by atoms with Crippen LogP contribution in [0.3, 0.4) is 0 Å². The highest BCUT2D eigenvalue weighted by atomic mass is 16.3. The molecule has 1 fully saturated rings. The molecule has 3 heterocycles. The van der Waals surface area contributed by atoms with Gasteiger partial charge in [0.1, 0.15) is 0 Å². The number of aliphatic hydroxyl groups excluding tert-OH is 1. The van der Waals surface area contributed by atoms with Gasteiger partial charge in [0, 0.05) is 12.2 Å². The first-order chi connectivity index (χ1) is 10.5. The maximum Gasteiger partial charge on any atom is 0.241 e. The van der Waals surface area contributed by atoms with Crippen LogP contribution in [0, 0.1) is 13.8 Å². The van der Waals surface area contributed by atoms with Crippen molar-refractivity contribution in [3.05, 3.63) is 35.8 Å². The van der Waals surface area contributed by atoms with Crippen molar-refractivity contribution in [1.29, 1.82) is 0 Å². The summed E-state index contributed by atoms with van der Waals surface area (Å²) >= 11 is 0. The molecule has 22 heavy (non-hydrogen) atoms. The van der Waals surface area contributed by atoms with Gasteiger partial charge in [-0.1, -0.05) is 0 Å². The molecule has 1 saturated heterocycles. The summed E-state index contributed by atoms with van der Waals surface area (Å²) in [6.45, 7) is 4.35. The molecular formula is C15H19N5O2. The molecule has 0 aliphatic carbocycles. The van der Waals surface area contributed by atoms with Crippen LogP contribution in [0.5, 0.6) is 0 Å². The van der Waals surface area contributed by atoms with Crippen LogP contribution >= 0.6 is 0 Å². The first kappa shape index (κ1) is 14.7. The third-order valence-corrected chi connectivity index (χ3v) is 3.67. The van der Waals surface area contributed by atoms with Gasteiger partial charge in [-0.05, 0) is 38.5 Å². The third-order valence-electron chi connectivity index (χ3n) is 3.67. The summed E-state index contributed by atoms with van der Waals surface area (Å²) < 4.78 is 1.76. The first-order valence-electron chi connectivity index (χ1n) is 7.25. The van der Waals surface area contributed by atoms with Crippen molar-refractivity contribution < 1.29 is 9.90 Å². The molecule has 0 aromatic carbocycles. The highest BCUT2D eigenvalue weighted by Gasteiger charge is 2.27. The lowest BCUT2D eigenvalue weighted by atomic mass is 10.2. The number of aryl methyl sites for hydroxylation is 2. The van der Waals surface area contributed by atoms with E-state index in [1.807, 2.05) is 26.0 Å². The fourth-order valence-corrected chi connectivity index (χ4v) is 2.59. The summed E-state index contributed by atoms with van der Waals surface area (Å²) in [6, 6.07) is 5.23. The summed E-state index contributed by atoms with van der Waals surface area (Å²) in [4.78, 5) is 16.4. The molecule has 2 aromatic rings. The topological polar surface area (TPSA) is 92.1 Å². The van der Waals surface area contributed by atoms with E-state index in [-0.39, 0.29) is 11.9 Å². The highest BCUT2D eigenvalue weighted by molar-refractivity contribution is 5.95. The molecule has 2 aromatic heterocycles. The zero-order chi connectivity index (χ0) is 15.7. The maximum absolute atomic E-state index is 12.0. The van der Waals surface area contributed by atoms with Gasteiger partial charge < -0.3 is 15.7 Å². The van der Waals surface area contributed by atoms with Gasteiger partial charge in [-0.25, -0.2) is 9.67 Å². The fourth-order valence-electron chi connectivity index (χ4n) is 2.59. The van der Waals surface area contributed by atoms with Crippen LogP contribution in [0.25, 0.3) is 5.82 Å². The Morgan fingerprint density at radius 1 is 1.45 bits per heavy atom. The quantitative estimate of drug-likeness (QED) is 0.770. The third kappa shape index (κ3) is 3.00. The number of nitrogens with zero attached hydrogens (tertiary/aromatic N) is 3. The van der Waals surface area contributed by atoms with Gasteiger partial charge in [-0.15, -0.1) is 0 Å². The van der Waals surface area contributed by atoms with E-state index in [4.69, 9.17) is 0 Å². The smallest absolute Gasteiger partial charge is 0.241 e. The fraction of sp³-hybridized carbons (Fsp3) is 0.400. The predicted octanol–water partition coefficient (Wildman–Crippen LogP) is 0.545. The number of pyridine rings is 1. The molecule has 3 N–H and O–H groups in total. The van der Waals surface area contributed by atoms with Crippen LogP contribution in [-0.4, -0.2) is 44.5 Å². The van der Waals surface area contributed by atoms with Gasteiger partial charge >= 0.3 is 0 Å². The largest absolute Gasteiger partial charge is 0.392 e. The summed E-state index contributed by atoms with van der Waals surface area (Å²) in [5.41, 5.74) is 2.56. The van der Waals surface area contributed by atoms with Gasteiger partial charge in [-0.2, -0.15) is 5.10 Å². The van der Waals surface area contributed by atoms with E-state index >= 15 is 0 Å². The Kier molecular flexibility index (Phi) is 3.91. The van der Waals surface area contributed by atoms with Crippen molar-refractivity contribution in [3.8, 4) is 5.82 Å². The first-order valence-corrected chi connectivity index (χ1v) is 7.25. The number of nitrogens with one attached hydrogen (secondary N) is 2. The molecule has 1 aliphatic rings. The summed E-state index contributed by atoms with van der Waals surface area (Å²) in [5, 5.41) is 19.6. The molecule has 0 unspecified atom stereocenters. The number of hydrogen-bond donors (Lipinski definition) is 3. The van der Waals surface area contributed by atoms with E-state index in [1.54, 1.807) is 16.9 Å². The van der Waals surface area contributed by atoms with Crippen molar-refractivity contribution in [1.82, 2.24) is 20.1 Å². The average molecular weight is 301 g/mol. The molecule has 1 aliphatic heterocycles. The van der Waals surface area contributed by atoms with Crippen molar-refractivity contribution >= 4 is 11.6 Å². The van der Waals surface area contributed by atoms with E-state index in [2.05, 4.69) is 20.7 Å². The van der Waals surface area contributed by atoms with E-state index < -0.39 is 6.10 Å². The molecular weight excluding hydrogens is 282 g/mol. The van der Waals surface area contributed by atoms with Crippen molar-refractivity contribution in [2.45, 2.75) is 32.4 Å². The minimum atomic E-state index is -0.456. The van der Waals surface area contributed by atoms with Crippen molar-refractivity contribution in [3.63, 3.8) is 0 Å². The Balaban J connectivity index is 1.69. The molecule has 0 spiro atoms. The van der Waals surface area contributed by atoms with Crippen LogP contribution in [-0.2, 0) is 4.79 Å². The van der Waals surface area contributed by atoms with Crippen molar-refractivity contribution in [2.24, 2.45) is 0 Å². The predicted molar refractivity (Wildman–Crippen MR) is 81.9 cm³/mol. The molecule has 0 radical (unpaired) electrons. The van der Waals surface area contributed by atoms with Gasteiger partial charge in [0.15, 0.2) is 5.82 Å². The van der Waals surface area contributed by atoms with Gasteiger partial charge in [0.05, 0.1) is 29.7 Å². The molecule has 3 rings (SSSR count). The standard InChI is InChI=1S/C15H19N5O2/c1-9-5-10(2)20(19-9)14-4-3-11(7-17-14)18-15(22)13-6-12(21)8-16-13/h3-5,7,12-13,16,21H,6,8H2,1-2H3,(H,18,22)/t12-,13-/m0/s1. The van der Waals surface area contributed by atoms with Crippen LogP contribution < -0.4 is 10.6 Å². The molecule has 116 valence electrons.